The highest BCUT2D eigenvalue weighted by atomic mass is 32.2. The molecule has 2 N–H and O–H groups in total. The summed E-state index contributed by atoms with van der Waals surface area (Å²) in [5.41, 5.74) is 5.65. The van der Waals surface area contributed by atoms with Crippen molar-refractivity contribution in [3.8, 4) is 0 Å². The lowest BCUT2D eigenvalue weighted by atomic mass is 10.1. The first kappa shape index (κ1) is 10.4. The van der Waals surface area contributed by atoms with Crippen molar-refractivity contribution in [2.75, 3.05) is 24.2 Å². The minimum absolute atomic E-state index is 0.124. The Labute approximate surface area is 88.8 Å². The summed E-state index contributed by atoms with van der Waals surface area (Å²) in [6.07, 6.45) is 2.78. The van der Waals surface area contributed by atoms with Crippen LogP contribution in [0.15, 0.2) is 23.2 Å². The van der Waals surface area contributed by atoms with Gasteiger partial charge >= 0.3 is 0 Å². The average Bonchev–Trinajstić information content (AvgIpc) is 2.12. The number of rotatable bonds is 2. The fourth-order valence-corrected chi connectivity index (χ4v) is 2.43. The van der Waals surface area contributed by atoms with Gasteiger partial charge < -0.3 is 10.6 Å². The molecule has 6 heteroatoms. The van der Waals surface area contributed by atoms with E-state index in [2.05, 4.69) is 4.98 Å². The van der Waals surface area contributed by atoms with Gasteiger partial charge in [0.1, 0.15) is 10.7 Å². The molecule has 0 radical (unpaired) electrons. The van der Waals surface area contributed by atoms with Crippen molar-refractivity contribution in [3.05, 3.63) is 18.3 Å². The van der Waals surface area contributed by atoms with Gasteiger partial charge in [-0.1, -0.05) is 0 Å². The van der Waals surface area contributed by atoms with Gasteiger partial charge in [0.05, 0.1) is 0 Å². The zero-order chi connectivity index (χ0) is 11.1. The van der Waals surface area contributed by atoms with Crippen molar-refractivity contribution in [2.45, 2.75) is 10.9 Å². The molecule has 0 spiro atoms. The summed E-state index contributed by atoms with van der Waals surface area (Å²) in [6, 6.07) is 3.32. The van der Waals surface area contributed by atoms with Gasteiger partial charge in [0.15, 0.2) is 9.84 Å². The average molecular weight is 227 g/mol. The molecule has 15 heavy (non-hydrogen) atoms. The lowest BCUT2D eigenvalue weighted by Crippen LogP contribution is -2.56. The second-order valence-electron chi connectivity index (χ2n) is 3.76. The molecule has 1 aliphatic rings. The fourth-order valence-electron chi connectivity index (χ4n) is 1.59. The van der Waals surface area contributed by atoms with Crippen molar-refractivity contribution >= 4 is 15.7 Å². The Hall–Kier alpha value is -1.14. The molecule has 0 aromatic carbocycles. The molecule has 2 heterocycles. The molecule has 1 aromatic heterocycles. The van der Waals surface area contributed by atoms with Crippen LogP contribution in [0.3, 0.4) is 0 Å². The van der Waals surface area contributed by atoms with E-state index < -0.39 is 9.84 Å². The van der Waals surface area contributed by atoms with E-state index in [-0.39, 0.29) is 10.9 Å². The maximum atomic E-state index is 11.5. The second-order valence-corrected chi connectivity index (χ2v) is 5.75. The van der Waals surface area contributed by atoms with E-state index in [1.165, 1.54) is 6.26 Å². The van der Waals surface area contributed by atoms with Gasteiger partial charge in [0.25, 0.3) is 0 Å². The molecule has 2 rings (SSSR count). The molecule has 0 bridgehead atoms. The van der Waals surface area contributed by atoms with Gasteiger partial charge in [-0.15, -0.1) is 0 Å². The van der Waals surface area contributed by atoms with Gasteiger partial charge in [-0.3, -0.25) is 0 Å². The van der Waals surface area contributed by atoms with Crippen LogP contribution in [-0.2, 0) is 9.84 Å². The van der Waals surface area contributed by atoms with Gasteiger partial charge in [-0.25, -0.2) is 13.4 Å². The summed E-state index contributed by atoms with van der Waals surface area (Å²) in [6.45, 7) is 1.33. The first-order valence-electron chi connectivity index (χ1n) is 4.64. The summed E-state index contributed by atoms with van der Waals surface area (Å²) in [5, 5.41) is 0. The minimum atomic E-state index is -3.22. The fraction of sp³-hybridized carbons (Fsp3) is 0.444. The smallest absolute Gasteiger partial charge is 0.179 e. The van der Waals surface area contributed by atoms with E-state index >= 15 is 0 Å². The van der Waals surface area contributed by atoms with Crippen LogP contribution in [0.25, 0.3) is 0 Å². The van der Waals surface area contributed by atoms with E-state index in [0.717, 1.165) is 0 Å². The summed E-state index contributed by atoms with van der Waals surface area (Å²) in [4.78, 5) is 6.24. The van der Waals surface area contributed by atoms with E-state index in [1.807, 2.05) is 4.90 Å². The van der Waals surface area contributed by atoms with Crippen molar-refractivity contribution in [3.63, 3.8) is 0 Å². The number of pyridine rings is 1. The first-order chi connectivity index (χ1) is 6.98. The van der Waals surface area contributed by atoms with Crippen molar-refractivity contribution in [1.82, 2.24) is 4.98 Å². The molecule has 82 valence electrons. The van der Waals surface area contributed by atoms with Gasteiger partial charge in [0.2, 0.25) is 0 Å². The van der Waals surface area contributed by atoms with Gasteiger partial charge in [-0.2, -0.15) is 0 Å². The predicted octanol–water partition coefficient (Wildman–Crippen LogP) is -0.368. The molecule has 0 atom stereocenters. The quantitative estimate of drug-likeness (QED) is 0.746. The van der Waals surface area contributed by atoms with Crippen molar-refractivity contribution in [2.24, 2.45) is 5.73 Å². The number of hydrogen-bond acceptors (Lipinski definition) is 5. The lowest BCUT2D eigenvalue weighted by molar-refractivity contribution is 0.509. The Kier molecular flexibility index (Phi) is 2.40. The third-order valence-corrected chi connectivity index (χ3v) is 3.48. The molecule has 0 aliphatic carbocycles. The van der Waals surface area contributed by atoms with E-state index in [9.17, 15) is 8.42 Å². The third-order valence-electron chi connectivity index (χ3n) is 2.36. The van der Waals surface area contributed by atoms with E-state index in [4.69, 9.17) is 5.73 Å². The lowest BCUT2D eigenvalue weighted by Gasteiger charge is -2.38. The SMILES string of the molecule is CS(=O)(=O)c1cccnc1N1CC(N)C1. The molecule has 0 saturated carbocycles. The van der Waals surface area contributed by atoms with Crippen LogP contribution < -0.4 is 10.6 Å². The highest BCUT2D eigenvalue weighted by Crippen LogP contribution is 2.25. The van der Waals surface area contributed by atoms with Crippen LogP contribution in [0.4, 0.5) is 5.82 Å². The molecular weight excluding hydrogens is 214 g/mol. The number of hydrogen-bond donors (Lipinski definition) is 1. The van der Waals surface area contributed by atoms with Crippen molar-refractivity contribution in [1.29, 1.82) is 0 Å². The highest BCUT2D eigenvalue weighted by molar-refractivity contribution is 7.90. The maximum Gasteiger partial charge on any atom is 0.179 e. The molecule has 1 fully saturated rings. The third kappa shape index (κ3) is 1.95. The van der Waals surface area contributed by atoms with Crippen LogP contribution in [0.2, 0.25) is 0 Å². The van der Waals surface area contributed by atoms with Crippen LogP contribution in [0.5, 0.6) is 0 Å². The van der Waals surface area contributed by atoms with Crippen LogP contribution in [0.1, 0.15) is 0 Å². The Morgan fingerprint density at radius 1 is 1.53 bits per heavy atom. The van der Waals surface area contributed by atoms with Gasteiger partial charge in [-0.05, 0) is 12.1 Å². The monoisotopic (exact) mass is 227 g/mol. The summed E-state index contributed by atoms with van der Waals surface area (Å²) >= 11 is 0. The second kappa shape index (κ2) is 3.46. The Morgan fingerprint density at radius 2 is 2.20 bits per heavy atom. The van der Waals surface area contributed by atoms with E-state index in [1.54, 1.807) is 18.3 Å². The Morgan fingerprint density at radius 3 is 2.73 bits per heavy atom. The standard InChI is InChI=1S/C9H13N3O2S/c1-15(13,14)8-3-2-4-11-9(8)12-5-7(10)6-12/h2-4,7H,5-6,10H2,1H3. The summed E-state index contributed by atoms with van der Waals surface area (Å²) in [7, 11) is -3.22. The molecule has 0 unspecified atom stereocenters. The zero-order valence-corrected chi connectivity index (χ0v) is 9.24. The van der Waals surface area contributed by atoms with Crippen molar-refractivity contribution < 1.29 is 8.42 Å². The normalized spacial score (nSPS) is 17.6. The molecule has 0 amide bonds. The summed E-state index contributed by atoms with van der Waals surface area (Å²) in [5.74, 6) is 0.515. The molecule has 1 aromatic rings. The predicted molar refractivity (Wildman–Crippen MR) is 57.5 cm³/mol. The minimum Gasteiger partial charge on any atom is -0.352 e. The number of sulfone groups is 1. The molecule has 1 aliphatic heterocycles. The first-order valence-corrected chi connectivity index (χ1v) is 6.53. The van der Waals surface area contributed by atoms with Crippen LogP contribution >= 0.6 is 0 Å². The van der Waals surface area contributed by atoms with Crippen LogP contribution in [-0.4, -0.2) is 38.8 Å². The number of nitrogens with zero attached hydrogens (tertiary/aromatic N) is 2. The largest absolute Gasteiger partial charge is 0.352 e. The summed E-state index contributed by atoms with van der Waals surface area (Å²) < 4.78 is 23.0. The zero-order valence-electron chi connectivity index (χ0n) is 8.42. The number of aromatic nitrogens is 1. The van der Waals surface area contributed by atoms with Gasteiger partial charge in [0, 0.05) is 31.6 Å². The number of anilines is 1. The molecule has 1 saturated heterocycles. The molecular formula is C9H13N3O2S. The highest BCUT2D eigenvalue weighted by Gasteiger charge is 2.28. The Bertz CT molecular complexity index is 466. The maximum absolute atomic E-state index is 11.5. The van der Waals surface area contributed by atoms with Crippen LogP contribution in [0, 0.1) is 0 Å². The Balaban J connectivity index is 2.39. The number of nitrogens with two attached hydrogens (primary N) is 1. The topological polar surface area (TPSA) is 76.3 Å². The van der Waals surface area contributed by atoms with E-state index in [0.29, 0.717) is 18.9 Å². The molecule has 5 nitrogen and oxygen atoms in total.